The smallest absolute Gasteiger partial charge is 0.142 e. The topological polar surface area (TPSA) is 56.3 Å². The van der Waals surface area contributed by atoms with E-state index in [9.17, 15) is 0 Å². The normalized spacial score (nSPS) is 12.5. The Labute approximate surface area is 123 Å². The Hall–Kier alpha value is -1.34. The van der Waals surface area contributed by atoms with Gasteiger partial charge < -0.3 is 14.8 Å². The summed E-state index contributed by atoms with van der Waals surface area (Å²) < 4.78 is 10.4. The predicted octanol–water partition coefficient (Wildman–Crippen LogP) is 1.96. The molecule has 1 atom stereocenters. The molecule has 0 aliphatic rings. The quantitative estimate of drug-likeness (QED) is 0.806. The van der Waals surface area contributed by atoms with E-state index in [1.807, 2.05) is 18.2 Å². The van der Waals surface area contributed by atoms with Gasteiger partial charge in [-0.15, -0.1) is 11.3 Å². The SMILES string of the molecule is COCC(CNCc1csc(-c2ccccn2)n1)OC. The van der Waals surface area contributed by atoms with Gasteiger partial charge in [-0.2, -0.15) is 0 Å². The van der Waals surface area contributed by atoms with Gasteiger partial charge in [0, 0.05) is 38.9 Å². The second kappa shape index (κ2) is 8.06. The maximum atomic E-state index is 5.29. The van der Waals surface area contributed by atoms with E-state index in [-0.39, 0.29) is 6.10 Å². The molecule has 0 bridgehead atoms. The van der Waals surface area contributed by atoms with Gasteiger partial charge in [-0.3, -0.25) is 4.98 Å². The molecule has 5 nitrogen and oxygen atoms in total. The van der Waals surface area contributed by atoms with Crippen LogP contribution >= 0.6 is 11.3 Å². The van der Waals surface area contributed by atoms with Gasteiger partial charge in [-0.25, -0.2) is 4.98 Å². The van der Waals surface area contributed by atoms with Gasteiger partial charge in [0.2, 0.25) is 0 Å². The Morgan fingerprint density at radius 2 is 2.25 bits per heavy atom. The Bertz CT molecular complexity index is 504. The van der Waals surface area contributed by atoms with Crippen LogP contribution in [0.1, 0.15) is 5.69 Å². The highest BCUT2D eigenvalue weighted by Crippen LogP contribution is 2.21. The van der Waals surface area contributed by atoms with Crippen LogP contribution in [0.3, 0.4) is 0 Å². The number of hydrogen-bond acceptors (Lipinski definition) is 6. The van der Waals surface area contributed by atoms with E-state index in [0.29, 0.717) is 13.2 Å². The standard InChI is InChI=1S/C14H19N3O2S/c1-18-9-12(19-2)8-15-7-11-10-20-14(17-11)13-5-3-4-6-16-13/h3-6,10,12,15H,7-9H2,1-2H3. The fourth-order valence-corrected chi connectivity index (χ4v) is 2.55. The summed E-state index contributed by atoms with van der Waals surface area (Å²) in [5, 5.41) is 6.32. The Kier molecular flexibility index (Phi) is 6.07. The molecule has 1 unspecified atom stereocenters. The number of thiazole rings is 1. The predicted molar refractivity (Wildman–Crippen MR) is 79.7 cm³/mol. The molecular formula is C14H19N3O2S. The summed E-state index contributed by atoms with van der Waals surface area (Å²) in [6.45, 7) is 2.04. The largest absolute Gasteiger partial charge is 0.382 e. The summed E-state index contributed by atoms with van der Waals surface area (Å²) in [5.74, 6) is 0. The lowest BCUT2D eigenvalue weighted by molar-refractivity contribution is 0.0287. The molecule has 2 rings (SSSR count). The number of pyridine rings is 1. The number of hydrogen-bond donors (Lipinski definition) is 1. The van der Waals surface area contributed by atoms with Crippen LogP contribution in [0, 0.1) is 0 Å². The maximum absolute atomic E-state index is 5.29. The first-order valence-electron chi connectivity index (χ1n) is 6.41. The molecule has 0 amide bonds. The van der Waals surface area contributed by atoms with Crippen molar-refractivity contribution in [3.8, 4) is 10.7 Å². The Balaban J connectivity index is 1.84. The highest BCUT2D eigenvalue weighted by atomic mass is 32.1. The van der Waals surface area contributed by atoms with Gasteiger partial charge in [0.15, 0.2) is 0 Å². The van der Waals surface area contributed by atoms with Gasteiger partial charge in [-0.05, 0) is 12.1 Å². The monoisotopic (exact) mass is 293 g/mol. The number of methoxy groups -OCH3 is 2. The fourth-order valence-electron chi connectivity index (χ4n) is 1.75. The number of ether oxygens (including phenoxy) is 2. The summed E-state index contributed by atoms with van der Waals surface area (Å²) in [4.78, 5) is 8.87. The fraction of sp³-hybridized carbons (Fsp3) is 0.429. The molecule has 20 heavy (non-hydrogen) atoms. The second-order valence-electron chi connectivity index (χ2n) is 4.30. The molecule has 2 aromatic heterocycles. The van der Waals surface area contributed by atoms with Crippen molar-refractivity contribution in [2.45, 2.75) is 12.6 Å². The number of nitrogens with zero attached hydrogens (tertiary/aromatic N) is 2. The van der Waals surface area contributed by atoms with E-state index in [1.54, 1.807) is 31.8 Å². The molecule has 2 heterocycles. The Morgan fingerprint density at radius 3 is 2.95 bits per heavy atom. The van der Waals surface area contributed by atoms with Crippen molar-refractivity contribution < 1.29 is 9.47 Å². The summed E-state index contributed by atoms with van der Waals surface area (Å²) in [6.07, 6.45) is 1.84. The average Bonchev–Trinajstić information content (AvgIpc) is 2.96. The van der Waals surface area contributed by atoms with Gasteiger partial charge in [0.05, 0.1) is 24.1 Å². The van der Waals surface area contributed by atoms with Crippen LogP contribution in [0.25, 0.3) is 10.7 Å². The first kappa shape index (κ1) is 15.1. The molecule has 108 valence electrons. The molecule has 0 aliphatic heterocycles. The molecule has 1 N–H and O–H groups in total. The summed E-state index contributed by atoms with van der Waals surface area (Å²) >= 11 is 1.61. The molecule has 0 radical (unpaired) electrons. The maximum Gasteiger partial charge on any atom is 0.142 e. The molecule has 2 aromatic rings. The first-order valence-corrected chi connectivity index (χ1v) is 7.29. The Morgan fingerprint density at radius 1 is 1.35 bits per heavy atom. The highest BCUT2D eigenvalue weighted by Gasteiger charge is 2.08. The third kappa shape index (κ3) is 4.35. The molecular weight excluding hydrogens is 274 g/mol. The van der Waals surface area contributed by atoms with Crippen molar-refractivity contribution in [3.05, 3.63) is 35.5 Å². The van der Waals surface area contributed by atoms with E-state index in [2.05, 4.69) is 20.7 Å². The number of aromatic nitrogens is 2. The summed E-state index contributed by atoms with van der Waals surface area (Å²) in [5.41, 5.74) is 1.93. The summed E-state index contributed by atoms with van der Waals surface area (Å²) in [6, 6.07) is 5.84. The molecule has 0 spiro atoms. The van der Waals surface area contributed by atoms with Gasteiger partial charge in [0.25, 0.3) is 0 Å². The van der Waals surface area contributed by atoms with Crippen LogP contribution in [0.15, 0.2) is 29.8 Å². The van der Waals surface area contributed by atoms with Crippen molar-refractivity contribution in [1.29, 1.82) is 0 Å². The van der Waals surface area contributed by atoms with Crippen LogP contribution in [0.2, 0.25) is 0 Å². The third-order valence-corrected chi connectivity index (χ3v) is 3.71. The lowest BCUT2D eigenvalue weighted by atomic mass is 10.3. The van der Waals surface area contributed by atoms with Crippen molar-refractivity contribution in [1.82, 2.24) is 15.3 Å². The zero-order chi connectivity index (χ0) is 14.2. The molecule has 0 saturated heterocycles. The highest BCUT2D eigenvalue weighted by molar-refractivity contribution is 7.13. The molecule has 6 heteroatoms. The van der Waals surface area contributed by atoms with Crippen LogP contribution in [-0.4, -0.2) is 43.4 Å². The zero-order valence-corrected chi connectivity index (χ0v) is 12.5. The van der Waals surface area contributed by atoms with Crippen molar-refractivity contribution >= 4 is 11.3 Å². The van der Waals surface area contributed by atoms with E-state index in [0.717, 1.165) is 22.9 Å². The van der Waals surface area contributed by atoms with Gasteiger partial charge in [0.1, 0.15) is 5.01 Å². The van der Waals surface area contributed by atoms with E-state index in [4.69, 9.17) is 9.47 Å². The van der Waals surface area contributed by atoms with Crippen LogP contribution in [-0.2, 0) is 16.0 Å². The van der Waals surface area contributed by atoms with Crippen molar-refractivity contribution in [2.75, 3.05) is 27.4 Å². The minimum Gasteiger partial charge on any atom is -0.382 e. The lowest BCUT2D eigenvalue weighted by Crippen LogP contribution is -2.31. The van der Waals surface area contributed by atoms with E-state index >= 15 is 0 Å². The minimum absolute atomic E-state index is 0.0638. The number of nitrogens with one attached hydrogen (secondary N) is 1. The molecule has 0 aromatic carbocycles. The third-order valence-electron chi connectivity index (χ3n) is 2.80. The average molecular weight is 293 g/mol. The van der Waals surface area contributed by atoms with Crippen molar-refractivity contribution in [3.63, 3.8) is 0 Å². The summed E-state index contributed by atoms with van der Waals surface area (Å²) in [7, 11) is 3.36. The lowest BCUT2D eigenvalue weighted by Gasteiger charge is -2.14. The second-order valence-corrected chi connectivity index (χ2v) is 5.16. The van der Waals surface area contributed by atoms with Gasteiger partial charge >= 0.3 is 0 Å². The molecule has 0 saturated carbocycles. The van der Waals surface area contributed by atoms with Crippen LogP contribution in [0.5, 0.6) is 0 Å². The zero-order valence-electron chi connectivity index (χ0n) is 11.7. The number of rotatable bonds is 8. The molecule has 0 aliphatic carbocycles. The first-order chi connectivity index (χ1) is 9.83. The van der Waals surface area contributed by atoms with E-state index in [1.165, 1.54) is 0 Å². The van der Waals surface area contributed by atoms with Crippen LogP contribution < -0.4 is 5.32 Å². The van der Waals surface area contributed by atoms with Crippen molar-refractivity contribution in [2.24, 2.45) is 0 Å². The van der Waals surface area contributed by atoms with E-state index < -0.39 is 0 Å². The van der Waals surface area contributed by atoms with Crippen LogP contribution in [0.4, 0.5) is 0 Å². The van der Waals surface area contributed by atoms with Gasteiger partial charge in [-0.1, -0.05) is 6.07 Å². The molecule has 0 fully saturated rings. The minimum atomic E-state index is 0.0638.